The van der Waals surface area contributed by atoms with Gasteiger partial charge in [0.25, 0.3) is 0 Å². The quantitative estimate of drug-likeness (QED) is 0.796. The Bertz CT molecular complexity index is 780. The number of phenols is 1. The number of phenolic OH excluding ortho intramolecular Hbond substituents is 1. The van der Waals surface area contributed by atoms with Gasteiger partial charge in [0, 0.05) is 23.6 Å². The van der Waals surface area contributed by atoms with Gasteiger partial charge in [-0.1, -0.05) is 12.1 Å². The van der Waals surface area contributed by atoms with Crippen LogP contribution in [0.4, 0.5) is 0 Å². The van der Waals surface area contributed by atoms with Gasteiger partial charge in [0.05, 0.1) is 13.2 Å². The van der Waals surface area contributed by atoms with Crippen LogP contribution in [-0.4, -0.2) is 31.5 Å². The highest BCUT2D eigenvalue weighted by Gasteiger charge is 2.37. The average molecular weight is 342 g/mol. The SMILES string of the molecule is COc1ccc(C2NNC(C)C2c2ccc3c(c2)OCCO3)c(O)c1. The van der Waals surface area contributed by atoms with Gasteiger partial charge >= 0.3 is 0 Å². The Kier molecular flexibility index (Phi) is 4.15. The molecule has 3 atom stereocenters. The smallest absolute Gasteiger partial charge is 0.161 e. The predicted molar refractivity (Wildman–Crippen MR) is 93.3 cm³/mol. The first-order valence-electron chi connectivity index (χ1n) is 8.45. The molecule has 0 aliphatic carbocycles. The molecular formula is C19H22N2O4. The van der Waals surface area contributed by atoms with E-state index in [0.717, 1.165) is 22.6 Å². The number of hydrazine groups is 1. The van der Waals surface area contributed by atoms with Crippen molar-refractivity contribution in [1.29, 1.82) is 0 Å². The van der Waals surface area contributed by atoms with Crippen LogP contribution in [0.25, 0.3) is 0 Å². The number of nitrogens with one attached hydrogen (secondary N) is 2. The number of aromatic hydroxyl groups is 1. The van der Waals surface area contributed by atoms with Crippen LogP contribution in [-0.2, 0) is 0 Å². The molecule has 3 N–H and O–H groups in total. The maximum atomic E-state index is 10.4. The lowest BCUT2D eigenvalue weighted by Crippen LogP contribution is -2.29. The number of ether oxygens (including phenoxy) is 3. The molecule has 1 fully saturated rings. The van der Waals surface area contributed by atoms with Crippen LogP contribution < -0.4 is 25.1 Å². The first kappa shape index (κ1) is 16.1. The molecule has 0 bridgehead atoms. The second-order valence-electron chi connectivity index (χ2n) is 6.41. The summed E-state index contributed by atoms with van der Waals surface area (Å²) in [4.78, 5) is 0. The molecule has 2 aromatic rings. The first-order valence-corrected chi connectivity index (χ1v) is 8.45. The van der Waals surface area contributed by atoms with E-state index in [9.17, 15) is 5.11 Å². The summed E-state index contributed by atoms with van der Waals surface area (Å²) in [5.41, 5.74) is 8.56. The van der Waals surface area contributed by atoms with E-state index in [2.05, 4.69) is 23.8 Å². The zero-order chi connectivity index (χ0) is 17.4. The standard InChI is InChI=1S/C19H22N2O4/c1-11-18(12-3-6-16-17(9-12)25-8-7-24-16)19(21-20-11)14-5-4-13(23-2)10-15(14)22/h3-6,9-11,18-22H,7-8H2,1-2H3. The van der Waals surface area contributed by atoms with E-state index < -0.39 is 0 Å². The van der Waals surface area contributed by atoms with Gasteiger partial charge in [-0.15, -0.1) is 0 Å². The second kappa shape index (κ2) is 6.46. The molecule has 0 saturated carbocycles. The topological polar surface area (TPSA) is 72.0 Å². The number of benzene rings is 2. The van der Waals surface area contributed by atoms with Gasteiger partial charge in [-0.2, -0.15) is 0 Å². The van der Waals surface area contributed by atoms with Crippen molar-refractivity contribution >= 4 is 0 Å². The van der Waals surface area contributed by atoms with Crippen molar-refractivity contribution in [2.45, 2.75) is 24.9 Å². The largest absolute Gasteiger partial charge is 0.507 e. The van der Waals surface area contributed by atoms with Crippen molar-refractivity contribution < 1.29 is 19.3 Å². The highest BCUT2D eigenvalue weighted by atomic mass is 16.6. The van der Waals surface area contributed by atoms with Crippen molar-refractivity contribution in [3.05, 3.63) is 47.5 Å². The minimum atomic E-state index is -0.0662. The average Bonchev–Trinajstić information content (AvgIpc) is 3.02. The van der Waals surface area contributed by atoms with Gasteiger partial charge < -0.3 is 19.3 Å². The number of methoxy groups -OCH3 is 1. The van der Waals surface area contributed by atoms with Crippen LogP contribution >= 0.6 is 0 Å². The molecule has 4 rings (SSSR count). The fraction of sp³-hybridized carbons (Fsp3) is 0.368. The molecule has 0 spiro atoms. The molecule has 0 radical (unpaired) electrons. The molecule has 132 valence electrons. The predicted octanol–water partition coefficient (Wildman–Crippen LogP) is 2.49. The fourth-order valence-electron chi connectivity index (χ4n) is 3.62. The summed E-state index contributed by atoms with van der Waals surface area (Å²) < 4.78 is 16.5. The molecule has 2 aromatic carbocycles. The molecular weight excluding hydrogens is 320 g/mol. The van der Waals surface area contributed by atoms with Gasteiger partial charge in [0.1, 0.15) is 24.7 Å². The highest BCUT2D eigenvalue weighted by molar-refractivity contribution is 5.48. The lowest BCUT2D eigenvalue weighted by molar-refractivity contribution is 0.171. The summed E-state index contributed by atoms with van der Waals surface area (Å²) in [5, 5.41) is 10.4. The van der Waals surface area contributed by atoms with E-state index in [1.54, 1.807) is 13.2 Å². The van der Waals surface area contributed by atoms with E-state index in [0.29, 0.717) is 19.0 Å². The van der Waals surface area contributed by atoms with Crippen molar-refractivity contribution in [3.8, 4) is 23.0 Å². The Morgan fingerprint density at radius 3 is 2.60 bits per heavy atom. The Morgan fingerprint density at radius 1 is 1.04 bits per heavy atom. The molecule has 2 aliphatic rings. The summed E-state index contributed by atoms with van der Waals surface area (Å²) in [7, 11) is 1.59. The van der Waals surface area contributed by atoms with Gasteiger partial charge in [-0.3, -0.25) is 5.43 Å². The summed E-state index contributed by atoms with van der Waals surface area (Å²) >= 11 is 0. The molecule has 1 saturated heterocycles. The van der Waals surface area contributed by atoms with Crippen molar-refractivity contribution in [3.63, 3.8) is 0 Å². The van der Waals surface area contributed by atoms with E-state index in [4.69, 9.17) is 14.2 Å². The fourth-order valence-corrected chi connectivity index (χ4v) is 3.62. The minimum absolute atomic E-state index is 0.0662. The van der Waals surface area contributed by atoms with Crippen LogP contribution in [0.15, 0.2) is 36.4 Å². The number of rotatable bonds is 3. The molecule has 2 heterocycles. The van der Waals surface area contributed by atoms with Crippen molar-refractivity contribution in [2.24, 2.45) is 0 Å². The molecule has 0 amide bonds. The van der Waals surface area contributed by atoms with Crippen LogP contribution in [0.3, 0.4) is 0 Å². The summed E-state index contributed by atoms with van der Waals surface area (Å²) in [6.45, 7) is 3.27. The summed E-state index contributed by atoms with van der Waals surface area (Å²) in [6, 6.07) is 11.6. The first-order chi connectivity index (χ1) is 12.2. The Morgan fingerprint density at radius 2 is 1.84 bits per heavy atom. The Hall–Kier alpha value is -2.44. The van der Waals surface area contributed by atoms with Crippen LogP contribution in [0, 0.1) is 0 Å². The Balaban J connectivity index is 1.70. The number of hydrogen-bond acceptors (Lipinski definition) is 6. The third kappa shape index (κ3) is 2.88. The highest BCUT2D eigenvalue weighted by Crippen LogP contribution is 2.43. The zero-order valence-corrected chi connectivity index (χ0v) is 14.3. The monoisotopic (exact) mass is 342 g/mol. The third-order valence-electron chi connectivity index (χ3n) is 4.89. The lowest BCUT2D eigenvalue weighted by atomic mass is 9.84. The van der Waals surface area contributed by atoms with Gasteiger partial charge in [-0.25, -0.2) is 5.43 Å². The zero-order valence-electron chi connectivity index (χ0n) is 14.3. The normalized spacial score (nSPS) is 25.0. The third-order valence-corrected chi connectivity index (χ3v) is 4.89. The van der Waals surface area contributed by atoms with E-state index in [-0.39, 0.29) is 23.8 Å². The maximum absolute atomic E-state index is 10.4. The summed E-state index contributed by atoms with van der Waals surface area (Å²) in [6.07, 6.45) is 0. The molecule has 0 aromatic heterocycles. The van der Waals surface area contributed by atoms with Crippen molar-refractivity contribution in [1.82, 2.24) is 10.9 Å². The molecule has 2 aliphatic heterocycles. The second-order valence-corrected chi connectivity index (χ2v) is 6.41. The lowest BCUT2D eigenvalue weighted by Gasteiger charge is -2.25. The Labute approximate surface area is 146 Å². The minimum Gasteiger partial charge on any atom is -0.507 e. The van der Waals surface area contributed by atoms with Gasteiger partial charge in [0.2, 0.25) is 0 Å². The number of hydrogen-bond donors (Lipinski definition) is 3. The van der Waals surface area contributed by atoms with Crippen LogP contribution in [0.5, 0.6) is 23.0 Å². The van der Waals surface area contributed by atoms with E-state index in [1.165, 1.54) is 0 Å². The van der Waals surface area contributed by atoms with Crippen molar-refractivity contribution in [2.75, 3.05) is 20.3 Å². The van der Waals surface area contributed by atoms with Crippen LogP contribution in [0.1, 0.15) is 30.0 Å². The summed E-state index contributed by atoms with van der Waals surface area (Å²) in [5.74, 6) is 2.55. The van der Waals surface area contributed by atoms with E-state index >= 15 is 0 Å². The molecule has 6 heteroatoms. The van der Waals surface area contributed by atoms with E-state index in [1.807, 2.05) is 24.3 Å². The maximum Gasteiger partial charge on any atom is 0.161 e. The van der Waals surface area contributed by atoms with Crippen LogP contribution in [0.2, 0.25) is 0 Å². The molecule has 3 unspecified atom stereocenters. The van der Waals surface area contributed by atoms with Gasteiger partial charge in [0.15, 0.2) is 11.5 Å². The van der Waals surface area contributed by atoms with Gasteiger partial charge in [-0.05, 0) is 30.7 Å². The molecule has 25 heavy (non-hydrogen) atoms. The number of fused-ring (bicyclic) bond motifs is 1. The molecule has 6 nitrogen and oxygen atoms in total.